The highest BCUT2D eigenvalue weighted by Gasteiger charge is 2.02. The minimum absolute atomic E-state index is 0.268. The zero-order valence-corrected chi connectivity index (χ0v) is 8.75. The highest BCUT2D eigenvalue weighted by Crippen LogP contribution is 2.24. The number of hydrogen-bond donors (Lipinski definition) is 0. The lowest BCUT2D eigenvalue weighted by Crippen LogP contribution is -1.82. The summed E-state index contributed by atoms with van der Waals surface area (Å²) in [7, 11) is 0. The molecule has 0 N–H and O–H groups in total. The lowest BCUT2D eigenvalue weighted by Gasteiger charge is -1.99. The average Bonchev–Trinajstić information content (AvgIpc) is 1.94. The summed E-state index contributed by atoms with van der Waals surface area (Å²) in [5.41, 5.74) is 0.486. The molecule has 0 saturated heterocycles. The Hall–Kier alpha value is -0.150. The van der Waals surface area contributed by atoms with E-state index in [0.29, 0.717) is 10.0 Å². The van der Waals surface area contributed by atoms with Gasteiger partial charge in [-0.2, -0.15) is 0 Å². The lowest BCUT2D eigenvalue weighted by molar-refractivity contribution is 0.624. The maximum Gasteiger partial charge on any atom is 0.131 e. The predicted octanol–water partition coefficient (Wildman–Crippen LogP) is 3.95. The van der Waals surface area contributed by atoms with Gasteiger partial charge in [0.1, 0.15) is 5.82 Å². The Morgan fingerprint density at radius 3 is 2.55 bits per heavy atom. The molecular weight excluding hydrogens is 275 g/mol. The van der Waals surface area contributed by atoms with Crippen molar-refractivity contribution in [3.05, 3.63) is 40.6 Å². The fourth-order valence-electron chi connectivity index (χ4n) is 0.705. The quantitative estimate of drug-likeness (QED) is 0.730. The minimum Gasteiger partial charge on any atom is -0.206 e. The van der Waals surface area contributed by atoms with Crippen LogP contribution in [0.1, 0.15) is 5.56 Å². The molecule has 11 heavy (non-hydrogen) atoms. The molecule has 0 aliphatic carbocycles. The molecule has 0 nitrogen and oxygen atoms in total. The zero-order valence-electron chi connectivity index (χ0n) is 5.57. The summed E-state index contributed by atoms with van der Waals surface area (Å²) in [6, 6.07) is 4.72. The number of rotatable bonds is 1. The van der Waals surface area contributed by atoms with Crippen LogP contribution in [0.25, 0.3) is 4.48 Å². The van der Waals surface area contributed by atoms with E-state index in [4.69, 9.17) is 0 Å². The second kappa shape index (κ2) is 3.50. The normalized spacial score (nSPS) is 9.73. The molecule has 0 radical (unpaired) electrons. The summed E-state index contributed by atoms with van der Waals surface area (Å²) in [6.45, 7) is 3.58. The molecule has 0 bridgehead atoms. The van der Waals surface area contributed by atoms with Crippen molar-refractivity contribution in [2.24, 2.45) is 0 Å². The first-order valence-electron chi connectivity index (χ1n) is 2.91. The summed E-state index contributed by atoms with van der Waals surface area (Å²) in [5.74, 6) is -0.268. The van der Waals surface area contributed by atoms with E-state index < -0.39 is 0 Å². The van der Waals surface area contributed by atoms with Crippen molar-refractivity contribution in [1.82, 2.24) is 0 Å². The molecular formula is C8H5Br2F. The summed E-state index contributed by atoms with van der Waals surface area (Å²) >= 11 is 6.35. The smallest absolute Gasteiger partial charge is 0.131 e. The van der Waals surface area contributed by atoms with Gasteiger partial charge in [0.15, 0.2) is 0 Å². The Morgan fingerprint density at radius 1 is 1.45 bits per heavy atom. The Labute approximate surface area is 81.4 Å². The zero-order chi connectivity index (χ0) is 8.43. The van der Waals surface area contributed by atoms with Crippen LogP contribution in [0.2, 0.25) is 0 Å². The van der Waals surface area contributed by atoms with E-state index in [-0.39, 0.29) is 5.82 Å². The third-order valence-corrected chi connectivity index (χ3v) is 2.14. The first-order chi connectivity index (χ1) is 5.11. The molecule has 0 amide bonds. The Kier molecular flexibility index (Phi) is 2.84. The van der Waals surface area contributed by atoms with Gasteiger partial charge in [0.05, 0.1) is 0 Å². The molecule has 0 unspecified atom stereocenters. The van der Waals surface area contributed by atoms with Gasteiger partial charge in [-0.1, -0.05) is 38.4 Å². The largest absolute Gasteiger partial charge is 0.206 e. The fraction of sp³-hybridized carbons (Fsp3) is 0. The summed E-state index contributed by atoms with van der Waals surface area (Å²) < 4.78 is 14.3. The van der Waals surface area contributed by atoms with Crippen LogP contribution in [0.15, 0.2) is 29.3 Å². The molecule has 1 aromatic carbocycles. The van der Waals surface area contributed by atoms with Crippen molar-refractivity contribution in [2.45, 2.75) is 0 Å². The van der Waals surface area contributed by atoms with Crippen LogP contribution in [0.4, 0.5) is 4.39 Å². The SMILES string of the molecule is C=C(Br)c1cc(Br)ccc1F. The van der Waals surface area contributed by atoms with Gasteiger partial charge in [-0.25, -0.2) is 4.39 Å². The number of benzene rings is 1. The van der Waals surface area contributed by atoms with E-state index in [1.807, 2.05) is 0 Å². The molecule has 0 fully saturated rings. The van der Waals surface area contributed by atoms with Crippen molar-refractivity contribution >= 4 is 36.3 Å². The fourth-order valence-corrected chi connectivity index (χ4v) is 1.37. The highest BCUT2D eigenvalue weighted by molar-refractivity contribution is 9.15. The monoisotopic (exact) mass is 278 g/mol. The minimum atomic E-state index is -0.268. The third kappa shape index (κ3) is 2.14. The van der Waals surface area contributed by atoms with Crippen LogP contribution in [0.3, 0.4) is 0 Å². The van der Waals surface area contributed by atoms with Gasteiger partial charge in [-0.05, 0) is 18.2 Å². The van der Waals surface area contributed by atoms with E-state index in [2.05, 4.69) is 38.4 Å². The van der Waals surface area contributed by atoms with Crippen molar-refractivity contribution in [1.29, 1.82) is 0 Å². The van der Waals surface area contributed by atoms with E-state index in [1.54, 1.807) is 12.1 Å². The second-order valence-corrected chi connectivity index (χ2v) is 3.90. The molecule has 1 aromatic rings. The van der Waals surface area contributed by atoms with Crippen LogP contribution in [0.5, 0.6) is 0 Å². The molecule has 58 valence electrons. The first-order valence-corrected chi connectivity index (χ1v) is 4.49. The van der Waals surface area contributed by atoms with Gasteiger partial charge in [0, 0.05) is 14.5 Å². The average molecular weight is 280 g/mol. The molecule has 1 rings (SSSR count). The topological polar surface area (TPSA) is 0 Å². The summed E-state index contributed by atoms with van der Waals surface area (Å²) in [6.07, 6.45) is 0. The van der Waals surface area contributed by atoms with E-state index in [0.717, 1.165) is 4.47 Å². The van der Waals surface area contributed by atoms with Crippen LogP contribution in [-0.4, -0.2) is 0 Å². The third-order valence-electron chi connectivity index (χ3n) is 1.22. The van der Waals surface area contributed by atoms with Gasteiger partial charge in [-0.3, -0.25) is 0 Å². The van der Waals surface area contributed by atoms with Crippen molar-refractivity contribution in [3.63, 3.8) is 0 Å². The summed E-state index contributed by atoms with van der Waals surface area (Å²) in [4.78, 5) is 0. The standard InChI is InChI=1S/C8H5Br2F/c1-5(9)7-4-6(10)2-3-8(7)11/h2-4H,1H2. The Bertz CT molecular complexity index is 294. The van der Waals surface area contributed by atoms with Gasteiger partial charge in [0.2, 0.25) is 0 Å². The predicted molar refractivity (Wildman–Crippen MR) is 52.1 cm³/mol. The van der Waals surface area contributed by atoms with Crippen LogP contribution >= 0.6 is 31.9 Å². The molecule has 0 atom stereocenters. The highest BCUT2D eigenvalue weighted by atomic mass is 79.9. The second-order valence-electron chi connectivity index (χ2n) is 2.03. The molecule has 0 aliphatic rings. The van der Waals surface area contributed by atoms with Crippen molar-refractivity contribution in [3.8, 4) is 0 Å². The molecule has 0 spiro atoms. The van der Waals surface area contributed by atoms with E-state index in [9.17, 15) is 4.39 Å². The Morgan fingerprint density at radius 2 is 2.09 bits per heavy atom. The maximum atomic E-state index is 12.9. The van der Waals surface area contributed by atoms with Gasteiger partial charge < -0.3 is 0 Å². The molecule has 0 saturated carbocycles. The van der Waals surface area contributed by atoms with Crippen molar-refractivity contribution in [2.75, 3.05) is 0 Å². The molecule has 3 heteroatoms. The number of halogens is 3. The molecule has 0 aromatic heterocycles. The van der Waals surface area contributed by atoms with Gasteiger partial charge in [-0.15, -0.1) is 0 Å². The van der Waals surface area contributed by atoms with Crippen LogP contribution in [-0.2, 0) is 0 Å². The first kappa shape index (κ1) is 8.94. The lowest BCUT2D eigenvalue weighted by atomic mass is 10.2. The van der Waals surface area contributed by atoms with E-state index >= 15 is 0 Å². The Balaban J connectivity index is 3.23. The summed E-state index contributed by atoms with van der Waals surface area (Å²) in [5, 5.41) is 0. The van der Waals surface area contributed by atoms with Crippen LogP contribution < -0.4 is 0 Å². The van der Waals surface area contributed by atoms with Gasteiger partial charge in [0.25, 0.3) is 0 Å². The molecule has 0 aliphatic heterocycles. The maximum absolute atomic E-state index is 12.9. The van der Waals surface area contributed by atoms with Gasteiger partial charge >= 0.3 is 0 Å². The van der Waals surface area contributed by atoms with Crippen molar-refractivity contribution < 1.29 is 4.39 Å². The van der Waals surface area contributed by atoms with Crippen LogP contribution in [0, 0.1) is 5.82 Å². The molecule has 0 heterocycles. The number of hydrogen-bond acceptors (Lipinski definition) is 0. The van der Waals surface area contributed by atoms with E-state index in [1.165, 1.54) is 6.07 Å².